The van der Waals surface area contributed by atoms with Crippen LogP contribution in [0.5, 0.6) is 0 Å². The van der Waals surface area contributed by atoms with Crippen LogP contribution in [0.3, 0.4) is 0 Å². The molecule has 5 nitrogen and oxygen atoms in total. The van der Waals surface area contributed by atoms with E-state index in [1.165, 1.54) is 0 Å². The molecule has 1 fully saturated rings. The SMILES string of the molecule is Nc1cc(C(=O)N2CCCC(CO)C2)c2ccccc2n1. The summed E-state index contributed by atoms with van der Waals surface area (Å²) in [6.07, 6.45) is 1.90. The number of aliphatic hydroxyl groups excluding tert-OH is 1. The molecule has 0 aliphatic carbocycles. The van der Waals surface area contributed by atoms with Crippen molar-refractivity contribution in [3.05, 3.63) is 35.9 Å². The lowest BCUT2D eigenvalue weighted by molar-refractivity contribution is 0.0622. The van der Waals surface area contributed by atoms with E-state index >= 15 is 0 Å². The van der Waals surface area contributed by atoms with Gasteiger partial charge in [-0.3, -0.25) is 4.79 Å². The number of amides is 1. The lowest BCUT2D eigenvalue weighted by Gasteiger charge is -2.32. The van der Waals surface area contributed by atoms with E-state index in [2.05, 4.69) is 4.98 Å². The standard InChI is InChI=1S/C16H19N3O2/c17-15-8-13(12-5-1-2-6-14(12)18-15)16(21)19-7-3-4-11(9-19)10-20/h1-2,5-6,8,11,20H,3-4,7,9-10H2,(H2,17,18). The molecular formula is C16H19N3O2. The van der Waals surface area contributed by atoms with Crippen molar-refractivity contribution in [2.75, 3.05) is 25.4 Å². The molecule has 1 aromatic carbocycles. The number of likely N-dealkylation sites (tertiary alicyclic amines) is 1. The molecule has 1 unspecified atom stereocenters. The summed E-state index contributed by atoms with van der Waals surface area (Å²) in [5, 5.41) is 10.1. The maximum Gasteiger partial charge on any atom is 0.254 e. The fourth-order valence-corrected chi connectivity index (χ4v) is 2.94. The first-order valence-corrected chi connectivity index (χ1v) is 7.24. The molecule has 1 aliphatic heterocycles. The molecule has 0 spiro atoms. The number of nitrogens with two attached hydrogens (primary N) is 1. The van der Waals surface area contributed by atoms with Crippen molar-refractivity contribution in [3.8, 4) is 0 Å². The molecule has 3 rings (SSSR count). The Morgan fingerprint density at radius 3 is 3.05 bits per heavy atom. The van der Waals surface area contributed by atoms with Crippen LogP contribution in [-0.2, 0) is 0 Å². The highest BCUT2D eigenvalue weighted by atomic mass is 16.3. The summed E-state index contributed by atoms with van der Waals surface area (Å²) in [6, 6.07) is 9.17. The molecule has 2 aromatic rings. The number of pyridine rings is 1. The number of aliphatic hydroxyl groups is 1. The zero-order valence-electron chi connectivity index (χ0n) is 11.8. The Morgan fingerprint density at radius 1 is 1.43 bits per heavy atom. The smallest absolute Gasteiger partial charge is 0.254 e. The zero-order chi connectivity index (χ0) is 14.8. The summed E-state index contributed by atoms with van der Waals surface area (Å²) in [6.45, 7) is 1.46. The first-order chi connectivity index (χ1) is 10.2. The maximum atomic E-state index is 12.8. The van der Waals surface area contributed by atoms with Crippen molar-refractivity contribution in [3.63, 3.8) is 0 Å². The summed E-state index contributed by atoms with van der Waals surface area (Å²) in [5.41, 5.74) is 7.15. The van der Waals surface area contributed by atoms with Crippen LogP contribution < -0.4 is 5.73 Å². The lowest BCUT2D eigenvalue weighted by atomic mass is 9.98. The molecule has 1 aliphatic rings. The molecule has 1 saturated heterocycles. The number of hydrogen-bond acceptors (Lipinski definition) is 4. The summed E-state index contributed by atoms with van der Waals surface area (Å²) < 4.78 is 0. The Balaban J connectivity index is 1.97. The van der Waals surface area contributed by atoms with Crippen molar-refractivity contribution < 1.29 is 9.90 Å². The van der Waals surface area contributed by atoms with Crippen LogP contribution in [0.2, 0.25) is 0 Å². The molecule has 2 heterocycles. The fraction of sp³-hybridized carbons (Fsp3) is 0.375. The van der Waals surface area contributed by atoms with E-state index in [1.54, 1.807) is 6.07 Å². The van der Waals surface area contributed by atoms with Crippen LogP contribution in [0.25, 0.3) is 10.9 Å². The number of aromatic nitrogens is 1. The maximum absolute atomic E-state index is 12.8. The number of benzene rings is 1. The first-order valence-electron chi connectivity index (χ1n) is 7.24. The number of para-hydroxylation sites is 1. The second-order valence-electron chi connectivity index (χ2n) is 5.55. The molecule has 3 N–H and O–H groups in total. The predicted molar refractivity (Wildman–Crippen MR) is 81.9 cm³/mol. The fourth-order valence-electron chi connectivity index (χ4n) is 2.94. The number of carbonyl (C=O) groups is 1. The Labute approximate surface area is 123 Å². The Hall–Kier alpha value is -2.14. The summed E-state index contributed by atoms with van der Waals surface area (Å²) in [4.78, 5) is 18.9. The number of hydrogen-bond donors (Lipinski definition) is 2. The highest BCUT2D eigenvalue weighted by Crippen LogP contribution is 2.23. The third kappa shape index (κ3) is 2.69. The number of anilines is 1. The van der Waals surface area contributed by atoms with Crippen LogP contribution >= 0.6 is 0 Å². The van der Waals surface area contributed by atoms with E-state index in [0.29, 0.717) is 17.9 Å². The minimum Gasteiger partial charge on any atom is -0.396 e. The topological polar surface area (TPSA) is 79.5 Å². The van der Waals surface area contributed by atoms with Crippen molar-refractivity contribution in [1.82, 2.24) is 9.88 Å². The number of rotatable bonds is 2. The van der Waals surface area contributed by atoms with Crippen molar-refractivity contribution >= 4 is 22.6 Å². The van der Waals surface area contributed by atoms with Crippen molar-refractivity contribution in [2.24, 2.45) is 5.92 Å². The molecule has 1 amide bonds. The minimum atomic E-state index is -0.0292. The van der Waals surface area contributed by atoms with Gasteiger partial charge in [-0.2, -0.15) is 0 Å². The predicted octanol–water partition coefficient (Wildman–Crippen LogP) is 1.66. The number of nitrogens with zero attached hydrogens (tertiary/aromatic N) is 2. The van der Waals surface area contributed by atoms with E-state index in [1.807, 2.05) is 29.2 Å². The van der Waals surface area contributed by atoms with Gasteiger partial charge >= 0.3 is 0 Å². The molecule has 110 valence electrons. The first kappa shape index (κ1) is 13.8. The van der Waals surface area contributed by atoms with Gasteiger partial charge in [0.05, 0.1) is 11.1 Å². The Morgan fingerprint density at radius 2 is 2.24 bits per heavy atom. The average Bonchev–Trinajstić information content (AvgIpc) is 2.53. The van der Waals surface area contributed by atoms with Gasteiger partial charge in [0.15, 0.2) is 0 Å². The van der Waals surface area contributed by atoms with Crippen molar-refractivity contribution in [2.45, 2.75) is 12.8 Å². The van der Waals surface area contributed by atoms with Crippen LogP contribution in [0.4, 0.5) is 5.82 Å². The molecule has 21 heavy (non-hydrogen) atoms. The van der Waals surface area contributed by atoms with Gasteiger partial charge in [0.25, 0.3) is 5.91 Å². The largest absolute Gasteiger partial charge is 0.396 e. The second kappa shape index (κ2) is 5.69. The third-order valence-electron chi connectivity index (χ3n) is 4.03. The van der Waals surface area contributed by atoms with Gasteiger partial charge in [-0.25, -0.2) is 4.98 Å². The van der Waals surface area contributed by atoms with E-state index in [-0.39, 0.29) is 18.4 Å². The van der Waals surface area contributed by atoms with Crippen LogP contribution in [-0.4, -0.2) is 40.6 Å². The minimum absolute atomic E-state index is 0.0292. The second-order valence-corrected chi connectivity index (χ2v) is 5.55. The normalized spacial score (nSPS) is 18.9. The third-order valence-corrected chi connectivity index (χ3v) is 4.03. The van der Waals surface area contributed by atoms with Crippen LogP contribution in [0.15, 0.2) is 30.3 Å². The number of piperidine rings is 1. The van der Waals surface area contributed by atoms with E-state index in [4.69, 9.17) is 5.73 Å². The van der Waals surface area contributed by atoms with Gasteiger partial charge in [-0.15, -0.1) is 0 Å². The van der Waals surface area contributed by atoms with Gasteiger partial charge in [-0.1, -0.05) is 18.2 Å². The zero-order valence-corrected chi connectivity index (χ0v) is 11.8. The van der Waals surface area contributed by atoms with Crippen molar-refractivity contribution in [1.29, 1.82) is 0 Å². The van der Waals surface area contributed by atoms with Gasteiger partial charge in [0, 0.05) is 25.1 Å². The average molecular weight is 285 g/mol. The van der Waals surface area contributed by atoms with Gasteiger partial charge < -0.3 is 15.7 Å². The highest BCUT2D eigenvalue weighted by Gasteiger charge is 2.25. The molecule has 5 heteroatoms. The van der Waals surface area contributed by atoms with Crippen LogP contribution in [0, 0.1) is 5.92 Å². The van der Waals surface area contributed by atoms with E-state index in [0.717, 1.165) is 30.3 Å². The summed E-state index contributed by atoms with van der Waals surface area (Å²) >= 11 is 0. The van der Waals surface area contributed by atoms with Gasteiger partial charge in [-0.05, 0) is 30.9 Å². The molecule has 0 radical (unpaired) electrons. The molecule has 1 aromatic heterocycles. The van der Waals surface area contributed by atoms with Gasteiger partial charge in [0.2, 0.25) is 0 Å². The summed E-state index contributed by atoms with van der Waals surface area (Å²) in [5.74, 6) is 0.499. The van der Waals surface area contributed by atoms with E-state index < -0.39 is 0 Å². The summed E-state index contributed by atoms with van der Waals surface area (Å²) in [7, 11) is 0. The molecular weight excluding hydrogens is 266 g/mol. The number of carbonyl (C=O) groups excluding carboxylic acids is 1. The quantitative estimate of drug-likeness (QED) is 0.879. The molecule has 0 bridgehead atoms. The van der Waals surface area contributed by atoms with Crippen LogP contribution in [0.1, 0.15) is 23.2 Å². The Bertz CT molecular complexity index is 672. The Kier molecular flexibility index (Phi) is 3.75. The monoisotopic (exact) mass is 285 g/mol. The number of fused-ring (bicyclic) bond motifs is 1. The highest BCUT2D eigenvalue weighted by molar-refractivity contribution is 6.06. The lowest BCUT2D eigenvalue weighted by Crippen LogP contribution is -2.41. The number of nitrogen functional groups attached to an aromatic ring is 1. The molecule has 1 atom stereocenters. The van der Waals surface area contributed by atoms with E-state index in [9.17, 15) is 9.90 Å². The molecule has 0 saturated carbocycles. The van der Waals surface area contributed by atoms with Gasteiger partial charge in [0.1, 0.15) is 5.82 Å².